The number of aromatic nitrogens is 3. The fourth-order valence-corrected chi connectivity index (χ4v) is 2.73. The van der Waals surface area contributed by atoms with Gasteiger partial charge in [-0.3, -0.25) is 0 Å². The molecule has 2 aromatic heterocycles. The van der Waals surface area contributed by atoms with E-state index in [9.17, 15) is 0 Å². The van der Waals surface area contributed by atoms with Crippen molar-refractivity contribution in [2.75, 3.05) is 0 Å². The second-order valence-corrected chi connectivity index (χ2v) is 6.14. The van der Waals surface area contributed by atoms with E-state index in [0.717, 1.165) is 28.3 Å². The highest BCUT2D eigenvalue weighted by atomic mass is 35.5. The van der Waals surface area contributed by atoms with E-state index in [2.05, 4.69) is 26.8 Å². The van der Waals surface area contributed by atoms with Gasteiger partial charge in [0.2, 0.25) is 0 Å². The summed E-state index contributed by atoms with van der Waals surface area (Å²) in [5, 5.41) is 2.88. The van der Waals surface area contributed by atoms with Crippen LogP contribution >= 0.6 is 22.9 Å². The Morgan fingerprint density at radius 2 is 2.10 bits per heavy atom. The molecule has 3 nitrogen and oxygen atoms in total. The molecule has 0 fully saturated rings. The van der Waals surface area contributed by atoms with E-state index in [4.69, 9.17) is 11.6 Å². The van der Waals surface area contributed by atoms with Gasteiger partial charge < -0.3 is 0 Å². The Morgan fingerprint density at radius 3 is 2.76 bits per heavy atom. The normalized spacial score (nSPS) is 17.0. The number of allylic oxidation sites excluding steroid dienone is 4. The molecular formula is C16H12ClN3S. The van der Waals surface area contributed by atoms with Crippen molar-refractivity contribution in [3.63, 3.8) is 0 Å². The van der Waals surface area contributed by atoms with Crippen LogP contribution in [0.4, 0.5) is 0 Å². The molecule has 0 saturated heterocycles. The summed E-state index contributed by atoms with van der Waals surface area (Å²) in [4.78, 5) is 13.0. The molecule has 1 aliphatic carbocycles. The second kappa shape index (κ2) is 6.21. The molecule has 2 heterocycles. The zero-order valence-electron chi connectivity index (χ0n) is 11.4. The predicted molar refractivity (Wildman–Crippen MR) is 86.2 cm³/mol. The van der Waals surface area contributed by atoms with Crippen LogP contribution < -0.4 is 0 Å². The number of rotatable bonds is 1. The summed E-state index contributed by atoms with van der Waals surface area (Å²) in [6.45, 7) is 1.96. The van der Waals surface area contributed by atoms with E-state index < -0.39 is 0 Å². The minimum atomic E-state index is -0.0649. The molecule has 21 heavy (non-hydrogen) atoms. The molecule has 0 aliphatic heterocycles. The smallest absolute Gasteiger partial charge is 0.156 e. The lowest BCUT2D eigenvalue weighted by atomic mass is 10.0. The van der Waals surface area contributed by atoms with Crippen molar-refractivity contribution >= 4 is 28.5 Å². The van der Waals surface area contributed by atoms with Crippen molar-refractivity contribution in [3.8, 4) is 11.8 Å². The lowest BCUT2D eigenvalue weighted by Crippen LogP contribution is -2.07. The number of hydrogen-bond donors (Lipinski definition) is 0. The van der Waals surface area contributed by atoms with E-state index in [1.54, 1.807) is 23.7 Å². The van der Waals surface area contributed by atoms with E-state index in [-0.39, 0.29) is 5.38 Å². The first-order chi connectivity index (χ1) is 10.2. The average molecular weight is 314 g/mol. The molecule has 0 aromatic carbocycles. The van der Waals surface area contributed by atoms with Crippen molar-refractivity contribution in [1.29, 1.82) is 0 Å². The van der Waals surface area contributed by atoms with Gasteiger partial charge in [-0.1, -0.05) is 24.1 Å². The van der Waals surface area contributed by atoms with E-state index in [0.29, 0.717) is 5.82 Å². The van der Waals surface area contributed by atoms with Gasteiger partial charge in [0.25, 0.3) is 0 Å². The van der Waals surface area contributed by atoms with E-state index in [1.807, 2.05) is 30.5 Å². The zero-order chi connectivity index (χ0) is 14.7. The van der Waals surface area contributed by atoms with Gasteiger partial charge in [-0.05, 0) is 19.3 Å². The molecule has 104 valence electrons. The van der Waals surface area contributed by atoms with Crippen molar-refractivity contribution < 1.29 is 0 Å². The number of halogens is 1. The maximum absolute atomic E-state index is 6.27. The van der Waals surface area contributed by atoms with Crippen LogP contribution in [0.2, 0.25) is 0 Å². The van der Waals surface area contributed by atoms with Gasteiger partial charge in [0.1, 0.15) is 5.69 Å². The predicted octanol–water partition coefficient (Wildman–Crippen LogP) is 3.59. The summed E-state index contributed by atoms with van der Waals surface area (Å²) < 4.78 is 0. The Kier molecular flexibility index (Phi) is 4.14. The highest BCUT2D eigenvalue weighted by molar-refractivity contribution is 7.09. The monoisotopic (exact) mass is 313 g/mol. The Hall–Kier alpha value is -1.96. The first-order valence-corrected chi connectivity index (χ1v) is 7.81. The lowest BCUT2D eigenvalue weighted by molar-refractivity contribution is 1.01. The third kappa shape index (κ3) is 3.38. The minimum Gasteiger partial charge on any atom is -0.236 e. The molecule has 3 rings (SSSR count). The standard InChI is InChI=1S/C16H12ClN3S/c1-11-20-13(10-21-11)7-6-12-8-18-16(19-9-12)14-4-2-3-5-15(14)17/h2-4,8-10,15H,5H2,1H3. The Balaban J connectivity index is 1.80. The Bertz CT molecular complexity index is 763. The molecule has 0 spiro atoms. The summed E-state index contributed by atoms with van der Waals surface area (Å²) in [5.41, 5.74) is 2.50. The number of alkyl halides is 1. The quantitative estimate of drug-likeness (QED) is 0.596. The fraction of sp³-hybridized carbons (Fsp3) is 0.188. The van der Waals surface area contributed by atoms with Crippen LogP contribution in [0.15, 0.2) is 36.0 Å². The third-order valence-electron chi connectivity index (χ3n) is 2.96. The molecule has 1 atom stereocenters. The van der Waals surface area contributed by atoms with Crippen LogP contribution in [0.5, 0.6) is 0 Å². The van der Waals surface area contributed by atoms with Gasteiger partial charge in [-0.15, -0.1) is 22.9 Å². The van der Waals surface area contributed by atoms with Crippen molar-refractivity contribution in [2.24, 2.45) is 0 Å². The van der Waals surface area contributed by atoms with Gasteiger partial charge >= 0.3 is 0 Å². The van der Waals surface area contributed by atoms with E-state index >= 15 is 0 Å². The van der Waals surface area contributed by atoms with Crippen LogP contribution in [0.25, 0.3) is 5.57 Å². The summed E-state index contributed by atoms with van der Waals surface area (Å²) in [5.74, 6) is 6.69. The highest BCUT2D eigenvalue weighted by Gasteiger charge is 2.16. The number of hydrogen-bond acceptors (Lipinski definition) is 4. The van der Waals surface area contributed by atoms with Crippen LogP contribution in [0, 0.1) is 18.8 Å². The molecule has 0 N–H and O–H groups in total. The summed E-state index contributed by atoms with van der Waals surface area (Å²) in [7, 11) is 0. The van der Waals surface area contributed by atoms with Crippen molar-refractivity contribution in [3.05, 3.63) is 58.1 Å². The topological polar surface area (TPSA) is 38.7 Å². The van der Waals surface area contributed by atoms with Crippen LogP contribution in [-0.2, 0) is 0 Å². The zero-order valence-corrected chi connectivity index (χ0v) is 12.9. The third-order valence-corrected chi connectivity index (χ3v) is 4.14. The van der Waals surface area contributed by atoms with Gasteiger partial charge in [0.05, 0.1) is 15.9 Å². The maximum Gasteiger partial charge on any atom is 0.156 e. The van der Waals surface area contributed by atoms with Crippen LogP contribution in [0.3, 0.4) is 0 Å². The van der Waals surface area contributed by atoms with Crippen LogP contribution in [-0.4, -0.2) is 20.3 Å². The van der Waals surface area contributed by atoms with Gasteiger partial charge in [0, 0.05) is 23.3 Å². The second-order valence-electron chi connectivity index (χ2n) is 4.55. The van der Waals surface area contributed by atoms with Crippen molar-refractivity contribution in [2.45, 2.75) is 18.7 Å². The molecule has 0 saturated carbocycles. The van der Waals surface area contributed by atoms with E-state index in [1.165, 1.54) is 0 Å². The molecule has 0 amide bonds. The first-order valence-electron chi connectivity index (χ1n) is 6.50. The number of thiazole rings is 1. The summed E-state index contributed by atoms with van der Waals surface area (Å²) >= 11 is 7.85. The molecule has 2 aromatic rings. The fourth-order valence-electron chi connectivity index (χ4n) is 1.91. The molecule has 0 bridgehead atoms. The Labute approximate surface area is 132 Å². The van der Waals surface area contributed by atoms with Crippen LogP contribution in [0.1, 0.15) is 28.5 Å². The number of nitrogens with zero attached hydrogens (tertiary/aromatic N) is 3. The lowest BCUT2D eigenvalue weighted by Gasteiger charge is -2.13. The molecule has 0 radical (unpaired) electrons. The van der Waals surface area contributed by atoms with Crippen molar-refractivity contribution in [1.82, 2.24) is 15.0 Å². The highest BCUT2D eigenvalue weighted by Crippen LogP contribution is 2.25. The summed E-state index contributed by atoms with van der Waals surface area (Å²) in [6.07, 6.45) is 10.2. The SMILES string of the molecule is Cc1nc(C#Cc2cnc(C3=CC=CCC3Cl)nc2)cs1. The maximum atomic E-state index is 6.27. The molecule has 1 aliphatic rings. The summed E-state index contributed by atoms with van der Waals surface area (Å²) in [6, 6.07) is 0. The molecule has 1 unspecified atom stereocenters. The minimum absolute atomic E-state index is 0.0649. The largest absolute Gasteiger partial charge is 0.236 e. The first kappa shape index (κ1) is 14.0. The van der Waals surface area contributed by atoms with Gasteiger partial charge in [-0.25, -0.2) is 15.0 Å². The van der Waals surface area contributed by atoms with Gasteiger partial charge in [0.15, 0.2) is 5.82 Å². The Morgan fingerprint density at radius 1 is 1.29 bits per heavy atom. The molecule has 5 heteroatoms. The van der Waals surface area contributed by atoms with Gasteiger partial charge in [-0.2, -0.15) is 0 Å². The average Bonchev–Trinajstić information content (AvgIpc) is 2.92. The number of aryl methyl sites for hydroxylation is 1. The molecular weight excluding hydrogens is 302 g/mol.